The van der Waals surface area contributed by atoms with E-state index in [0.717, 1.165) is 18.4 Å². The number of hydrogen-bond donors (Lipinski definition) is 0. The SMILES string of the molecule is O=C(c1ccco1)C1(c2ccccc2)CC1. The highest BCUT2D eigenvalue weighted by Gasteiger charge is 2.52. The second-order valence-corrected chi connectivity index (χ2v) is 4.25. The molecular weight excluding hydrogens is 200 g/mol. The van der Waals surface area contributed by atoms with Crippen LogP contribution in [0.5, 0.6) is 0 Å². The molecule has 0 saturated heterocycles. The lowest BCUT2D eigenvalue weighted by Gasteiger charge is -2.12. The Hall–Kier alpha value is -1.83. The molecule has 0 amide bonds. The van der Waals surface area contributed by atoms with Crippen LogP contribution in [-0.4, -0.2) is 5.78 Å². The molecule has 80 valence electrons. The van der Waals surface area contributed by atoms with Gasteiger partial charge in [0.2, 0.25) is 5.78 Å². The molecule has 0 radical (unpaired) electrons. The van der Waals surface area contributed by atoms with Gasteiger partial charge in [0.05, 0.1) is 11.7 Å². The third kappa shape index (κ3) is 1.30. The summed E-state index contributed by atoms with van der Waals surface area (Å²) >= 11 is 0. The fourth-order valence-electron chi connectivity index (χ4n) is 2.17. The van der Waals surface area contributed by atoms with E-state index in [1.807, 2.05) is 30.3 Å². The second-order valence-electron chi connectivity index (χ2n) is 4.25. The number of benzene rings is 1. The average Bonchev–Trinajstić information content (AvgIpc) is 2.97. The molecule has 0 aliphatic heterocycles. The molecule has 1 aromatic carbocycles. The summed E-state index contributed by atoms with van der Waals surface area (Å²) in [5.74, 6) is 0.588. The standard InChI is InChI=1S/C14H12O2/c15-13(12-7-4-10-16-12)14(8-9-14)11-5-2-1-3-6-11/h1-7,10H,8-9H2. The highest BCUT2D eigenvalue weighted by Crippen LogP contribution is 2.50. The monoisotopic (exact) mass is 212 g/mol. The molecule has 1 heterocycles. The van der Waals surface area contributed by atoms with Crippen LogP contribution >= 0.6 is 0 Å². The van der Waals surface area contributed by atoms with Crippen LogP contribution in [0.25, 0.3) is 0 Å². The maximum absolute atomic E-state index is 12.3. The molecule has 1 aromatic heterocycles. The number of hydrogen-bond acceptors (Lipinski definition) is 2. The normalized spacial score (nSPS) is 17.0. The Morgan fingerprint density at radius 1 is 1.06 bits per heavy atom. The number of carbonyl (C=O) groups is 1. The van der Waals surface area contributed by atoms with Crippen molar-refractivity contribution in [2.75, 3.05) is 0 Å². The number of furan rings is 1. The zero-order valence-electron chi connectivity index (χ0n) is 8.85. The molecular formula is C14H12O2. The maximum Gasteiger partial charge on any atom is 0.208 e. The summed E-state index contributed by atoms with van der Waals surface area (Å²) in [4.78, 5) is 12.3. The topological polar surface area (TPSA) is 30.2 Å². The average molecular weight is 212 g/mol. The van der Waals surface area contributed by atoms with Crippen molar-refractivity contribution in [3.8, 4) is 0 Å². The van der Waals surface area contributed by atoms with Gasteiger partial charge in [0.25, 0.3) is 0 Å². The van der Waals surface area contributed by atoms with E-state index >= 15 is 0 Å². The lowest BCUT2D eigenvalue weighted by molar-refractivity contribution is 0.0918. The number of rotatable bonds is 3. The van der Waals surface area contributed by atoms with Gasteiger partial charge in [0.15, 0.2) is 5.76 Å². The minimum absolute atomic E-state index is 0.115. The van der Waals surface area contributed by atoms with Gasteiger partial charge in [0, 0.05) is 0 Å². The largest absolute Gasteiger partial charge is 0.461 e. The molecule has 0 bridgehead atoms. The molecule has 2 heteroatoms. The summed E-state index contributed by atoms with van der Waals surface area (Å²) < 4.78 is 5.19. The molecule has 1 aliphatic carbocycles. The van der Waals surface area contributed by atoms with Crippen molar-refractivity contribution in [1.29, 1.82) is 0 Å². The smallest absolute Gasteiger partial charge is 0.208 e. The molecule has 1 saturated carbocycles. The van der Waals surface area contributed by atoms with Crippen molar-refractivity contribution in [1.82, 2.24) is 0 Å². The minimum Gasteiger partial charge on any atom is -0.461 e. The van der Waals surface area contributed by atoms with Crippen LogP contribution in [0.3, 0.4) is 0 Å². The Kier molecular flexibility index (Phi) is 1.96. The Morgan fingerprint density at radius 3 is 2.38 bits per heavy atom. The summed E-state index contributed by atoms with van der Waals surface area (Å²) in [6.07, 6.45) is 3.40. The highest BCUT2D eigenvalue weighted by atomic mass is 16.3. The van der Waals surface area contributed by atoms with Gasteiger partial charge in [-0.25, -0.2) is 0 Å². The third-order valence-corrected chi connectivity index (χ3v) is 3.26. The van der Waals surface area contributed by atoms with E-state index in [1.165, 1.54) is 0 Å². The van der Waals surface area contributed by atoms with E-state index in [0.29, 0.717) is 5.76 Å². The lowest BCUT2D eigenvalue weighted by atomic mass is 9.90. The quantitative estimate of drug-likeness (QED) is 0.731. The van der Waals surface area contributed by atoms with Crippen LogP contribution in [0.15, 0.2) is 53.1 Å². The van der Waals surface area contributed by atoms with Gasteiger partial charge in [-0.2, -0.15) is 0 Å². The first-order valence-corrected chi connectivity index (χ1v) is 5.47. The van der Waals surface area contributed by atoms with Crippen LogP contribution in [0.1, 0.15) is 29.0 Å². The molecule has 1 aliphatic rings. The molecule has 0 atom stereocenters. The number of Topliss-reactive ketones (excluding diaryl/α,β-unsaturated/α-hetero) is 1. The van der Waals surface area contributed by atoms with Crippen molar-refractivity contribution in [2.45, 2.75) is 18.3 Å². The van der Waals surface area contributed by atoms with Gasteiger partial charge >= 0.3 is 0 Å². The summed E-state index contributed by atoms with van der Waals surface area (Å²) in [7, 11) is 0. The Labute approximate surface area is 93.9 Å². The van der Waals surface area contributed by atoms with Gasteiger partial charge in [0.1, 0.15) is 0 Å². The summed E-state index contributed by atoms with van der Waals surface area (Å²) in [5.41, 5.74) is 0.801. The second kappa shape index (κ2) is 3.34. The van der Waals surface area contributed by atoms with Gasteiger partial charge in [-0.05, 0) is 30.5 Å². The van der Waals surface area contributed by atoms with Crippen LogP contribution in [-0.2, 0) is 5.41 Å². The van der Waals surface area contributed by atoms with E-state index < -0.39 is 0 Å². The lowest BCUT2D eigenvalue weighted by Crippen LogP contribution is -2.19. The Morgan fingerprint density at radius 2 is 1.81 bits per heavy atom. The molecule has 2 nitrogen and oxygen atoms in total. The van der Waals surface area contributed by atoms with Crippen LogP contribution < -0.4 is 0 Å². The number of ketones is 1. The molecule has 16 heavy (non-hydrogen) atoms. The fourth-order valence-corrected chi connectivity index (χ4v) is 2.17. The highest BCUT2D eigenvalue weighted by molar-refractivity contribution is 6.04. The van der Waals surface area contributed by atoms with Crippen molar-refractivity contribution < 1.29 is 9.21 Å². The van der Waals surface area contributed by atoms with E-state index in [9.17, 15) is 4.79 Å². The van der Waals surface area contributed by atoms with Crippen LogP contribution in [0.2, 0.25) is 0 Å². The van der Waals surface area contributed by atoms with Crippen molar-refractivity contribution in [3.05, 3.63) is 60.1 Å². The van der Waals surface area contributed by atoms with Crippen molar-refractivity contribution in [3.63, 3.8) is 0 Å². The van der Waals surface area contributed by atoms with Gasteiger partial charge < -0.3 is 4.42 Å². The first-order valence-electron chi connectivity index (χ1n) is 5.47. The zero-order valence-corrected chi connectivity index (χ0v) is 8.85. The first kappa shape index (κ1) is 9.40. The molecule has 2 aromatic rings. The minimum atomic E-state index is -0.306. The van der Waals surface area contributed by atoms with E-state index in [-0.39, 0.29) is 11.2 Å². The first-order chi connectivity index (χ1) is 7.83. The van der Waals surface area contributed by atoms with E-state index in [4.69, 9.17) is 4.42 Å². The summed E-state index contributed by atoms with van der Waals surface area (Å²) in [6.45, 7) is 0. The van der Waals surface area contributed by atoms with Crippen LogP contribution in [0, 0.1) is 0 Å². The molecule has 0 N–H and O–H groups in total. The van der Waals surface area contributed by atoms with Crippen molar-refractivity contribution in [2.24, 2.45) is 0 Å². The van der Waals surface area contributed by atoms with E-state index in [2.05, 4.69) is 0 Å². The Balaban J connectivity index is 1.98. The van der Waals surface area contributed by atoms with Crippen LogP contribution in [0.4, 0.5) is 0 Å². The maximum atomic E-state index is 12.3. The third-order valence-electron chi connectivity index (χ3n) is 3.26. The fraction of sp³-hybridized carbons (Fsp3) is 0.214. The molecule has 0 spiro atoms. The number of carbonyl (C=O) groups excluding carboxylic acids is 1. The van der Waals surface area contributed by atoms with Crippen molar-refractivity contribution >= 4 is 5.78 Å². The molecule has 0 unspecified atom stereocenters. The Bertz CT molecular complexity index is 493. The molecule has 3 rings (SSSR count). The summed E-state index contributed by atoms with van der Waals surface area (Å²) in [5, 5.41) is 0. The van der Waals surface area contributed by atoms with Gasteiger partial charge in [-0.3, -0.25) is 4.79 Å². The van der Waals surface area contributed by atoms with E-state index in [1.54, 1.807) is 18.4 Å². The zero-order chi connectivity index (χ0) is 11.0. The summed E-state index contributed by atoms with van der Waals surface area (Å²) in [6, 6.07) is 13.5. The molecule has 1 fully saturated rings. The van der Waals surface area contributed by atoms with Gasteiger partial charge in [-0.15, -0.1) is 0 Å². The predicted octanol–water partition coefficient (Wildman–Crippen LogP) is 3.19. The van der Waals surface area contributed by atoms with Gasteiger partial charge in [-0.1, -0.05) is 30.3 Å². The predicted molar refractivity (Wildman–Crippen MR) is 60.4 cm³/mol.